The van der Waals surface area contributed by atoms with Crippen molar-refractivity contribution in [3.05, 3.63) is 65.0 Å². The van der Waals surface area contributed by atoms with Crippen LogP contribution in [0.4, 0.5) is 0 Å². The van der Waals surface area contributed by atoms with Crippen LogP contribution < -0.4 is 5.32 Å². The predicted octanol–water partition coefficient (Wildman–Crippen LogP) is 1.52. The van der Waals surface area contributed by atoms with Gasteiger partial charge in [-0.15, -0.1) is 0 Å². The molecule has 0 radical (unpaired) electrons. The minimum Gasteiger partial charge on any atom is -0.475 e. The molecule has 1 aliphatic heterocycles. The highest BCUT2D eigenvalue weighted by atomic mass is 16.5. The molecule has 0 fully saturated rings. The molecule has 1 aliphatic rings. The van der Waals surface area contributed by atoms with Crippen LogP contribution in [0.15, 0.2) is 47.6 Å². The average molecular weight is 383 g/mol. The first kappa shape index (κ1) is 20.0. The lowest BCUT2D eigenvalue weighted by molar-refractivity contribution is -0.123. The number of carbonyl (C=O) groups excluding carboxylic acids is 1. The molecule has 1 atom stereocenters. The number of aliphatic hydroxyl groups excluding tert-OH is 1. The van der Waals surface area contributed by atoms with Gasteiger partial charge in [-0.1, -0.05) is 30.3 Å². The van der Waals surface area contributed by atoms with E-state index in [9.17, 15) is 9.90 Å². The summed E-state index contributed by atoms with van der Waals surface area (Å²) in [6.07, 6.45) is 1.74. The minimum atomic E-state index is -1.12. The Balaban J connectivity index is 1.68. The molecule has 2 heterocycles. The maximum absolute atomic E-state index is 12.6. The molecule has 0 unspecified atom stereocenters. The van der Waals surface area contributed by atoms with Gasteiger partial charge in [-0.3, -0.25) is 9.78 Å². The summed E-state index contributed by atoms with van der Waals surface area (Å²) in [5, 5.41) is 22.3. The molecule has 0 saturated heterocycles. The maximum atomic E-state index is 12.6. The molecule has 148 valence electrons. The molecule has 1 amide bonds. The minimum absolute atomic E-state index is 0.0795. The van der Waals surface area contributed by atoms with Crippen molar-refractivity contribution in [1.29, 1.82) is 0 Å². The van der Waals surface area contributed by atoms with E-state index >= 15 is 0 Å². The Morgan fingerprint density at radius 1 is 1.32 bits per heavy atom. The van der Waals surface area contributed by atoms with E-state index in [1.54, 1.807) is 20.0 Å². The molecule has 0 spiro atoms. The van der Waals surface area contributed by atoms with Gasteiger partial charge in [0.25, 0.3) is 0 Å². The van der Waals surface area contributed by atoms with Crippen molar-refractivity contribution in [3.8, 4) is 0 Å². The van der Waals surface area contributed by atoms with Crippen molar-refractivity contribution in [3.63, 3.8) is 0 Å². The zero-order valence-corrected chi connectivity index (χ0v) is 16.1. The second kappa shape index (κ2) is 8.50. The third kappa shape index (κ3) is 4.74. The second-order valence-electron chi connectivity index (χ2n) is 7.27. The summed E-state index contributed by atoms with van der Waals surface area (Å²) in [6.45, 7) is 3.90. The number of pyridine rings is 1. The second-order valence-corrected chi connectivity index (χ2v) is 7.27. The van der Waals surface area contributed by atoms with E-state index in [0.29, 0.717) is 18.1 Å². The van der Waals surface area contributed by atoms with E-state index in [-0.39, 0.29) is 25.5 Å². The van der Waals surface area contributed by atoms with Crippen LogP contribution in [0.5, 0.6) is 0 Å². The Bertz CT molecular complexity index is 860. The van der Waals surface area contributed by atoms with Gasteiger partial charge in [0.15, 0.2) is 0 Å². The van der Waals surface area contributed by atoms with Crippen LogP contribution in [0.3, 0.4) is 0 Å². The molecule has 3 rings (SSSR count). The Hall–Kier alpha value is -2.77. The zero-order chi connectivity index (χ0) is 20.1. The van der Waals surface area contributed by atoms with Crippen LogP contribution in [0.1, 0.15) is 42.3 Å². The van der Waals surface area contributed by atoms with Crippen LogP contribution in [-0.2, 0) is 22.5 Å². The number of aliphatic hydroxyl groups is 2. The third-order valence-corrected chi connectivity index (χ3v) is 4.49. The van der Waals surface area contributed by atoms with Gasteiger partial charge >= 0.3 is 0 Å². The number of rotatable bonds is 7. The SMILES string of the molecule is CC(C)(O)[C@@H](NC(=O)Cc1cc2c(cn1)C(OCCO)=NC2)c1ccccc1. The van der Waals surface area contributed by atoms with Gasteiger partial charge in [0.2, 0.25) is 11.8 Å². The summed E-state index contributed by atoms with van der Waals surface area (Å²) in [5.74, 6) is 0.248. The molecule has 7 heteroatoms. The van der Waals surface area contributed by atoms with E-state index in [0.717, 1.165) is 16.7 Å². The van der Waals surface area contributed by atoms with Gasteiger partial charge in [0.1, 0.15) is 6.61 Å². The highest BCUT2D eigenvalue weighted by molar-refractivity contribution is 5.97. The van der Waals surface area contributed by atoms with Gasteiger partial charge < -0.3 is 20.3 Å². The molecular weight excluding hydrogens is 358 g/mol. The number of hydrogen-bond acceptors (Lipinski definition) is 6. The Morgan fingerprint density at radius 3 is 2.75 bits per heavy atom. The van der Waals surface area contributed by atoms with Crippen molar-refractivity contribution < 1.29 is 19.7 Å². The van der Waals surface area contributed by atoms with Crippen molar-refractivity contribution in [2.45, 2.75) is 38.5 Å². The van der Waals surface area contributed by atoms with Crippen LogP contribution in [-0.4, -0.2) is 45.8 Å². The highest BCUT2D eigenvalue weighted by Crippen LogP contribution is 2.25. The largest absolute Gasteiger partial charge is 0.475 e. The number of aliphatic imine (C=N–C) groups is 1. The number of benzene rings is 1. The Labute approximate surface area is 164 Å². The van der Waals surface area contributed by atoms with Gasteiger partial charge in [0, 0.05) is 6.20 Å². The fraction of sp³-hybridized carbons (Fsp3) is 0.381. The van der Waals surface area contributed by atoms with E-state index < -0.39 is 11.6 Å². The topological polar surface area (TPSA) is 104 Å². The van der Waals surface area contributed by atoms with Crippen molar-refractivity contribution >= 4 is 11.8 Å². The quantitative estimate of drug-likeness (QED) is 0.673. The van der Waals surface area contributed by atoms with E-state index in [4.69, 9.17) is 9.84 Å². The van der Waals surface area contributed by atoms with Crippen molar-refractivity contribution in [1.82, 2.24) is 10.3 Å². The molecule has 1 aromatic heterocycles. The number of amides is 1. The maximum Gasteiger partial charge on any atom is 0.226 e. The fourth-order valence-electron chi connectivity index (χ4n) is 3.16. The van der Waals surface area contributed by atoms with Crippen LogP contribution in [0, 0.1) is 0 Å². The summed E-state index contributed by atoms with van der Waals surface area (Å²) in [6, 6.07) is 10.7. The van der Waals surface area contributed by atoms with E-state index in [1.807, 2.05) is 36.4 Å². The molecule has 0 bridgehead atoms. The number of aromatic nitrogens is 1. The lowest BCUT2D eigenvalue weighted by atomic mass is 9.91. The smallest absolute Gasteiger partial charge is 0.226 e. The first-order valence-electron chi connectivity index (χ1n) is 9.21. The Kier molecular flexibility index (Phi) is 6.06. The number of nitrogens with one attached hydrogen (secondary N) is 1. The molecule has 2 aromatic rings. The molecule has 28 heavy (non-hydrogen) atoms. The first-order valence-corrected chi connectivity index (χ1v) is 9.21. The van der Waals surface area contributed by atoms with Gasteiger partial charge in [-0.05, 0) is 31.0 Å². The molecule has 1 aromatic carbocycles. The average Bonchev–Trinajstić information content (AvgIpc) is 3.06. The van der Waals surface area contributed by atoms with Crippen molar-refractivity contribution in [2.24, 2.45) is 4.99 Å². The summed E-state index contributed by atoms with van der Waals surface area (Å²) >= 11 is 0. The van der Waals surface area contributed by atoms with Crippen LogP contribution in [0.25, 0.3) is 0 Å². The first-order chi connectivity index (χ1) is 13.4. The van der Waals surface area contributed by atoms with Crippen LogP contribution in [0.2, 0.25) is 0 Å². The zero-order valence-electron chi connectivity index (χ0n) is 16.1. The van der Waals surface area contributed by atoms with Crippen LogP contribution >= 0.6 is 0 Å². The molecular formula is C21H25N3O4. The van der Waals surface area contributed by atoms with E-state index in [2.05, 4.69) is 15.3 Å². The lowest BCUT2D eigenvalue weighted by Gasteiger charge is -2.30. The summed E-state index contributed by atoms with van der Waals surface area (Å²) in [7, 11) is 0. The number of nitrogens with zero attached hydrogens (tertiary/aromatic N) is 2. The summed E-state index contributed by atoms with van der Waals surface area (Å²) < 4.78 is 5.39. The van der Waals surface area contributed by atoms with Crippen molar-refractivity contribution in [2.75, 3.05) is 13.2 Å². The van der Waals surface area contributed by atoms with E-state index in [1.165, 1.54) is 0 Å². The highest BCUT2D eigenvalue weighted by Gasteiger charge is 2.30. The number of ether oxygens (including phenoxy) is 1. The Morgan fingerprint density at radius 2 is 2.07 bits per heavy atom. The fourth-order valence-corrected chi connectivity index (χ4v) is 3.16. The van der Waals surface area contributed by atoms with Gasteiger partial charge in [0.05, 0.1) is 42.5 Å². The predicted molar refractivity (Wildman–Crippen MR) is 105 cm³/mol. The molecule has 7 nitrogen and oxygen atoms in total. The van der Waals surface area contributed by atoms with Gasteiger partial charge in [-0.25, -0.2) is 4.99 Å². The standard InChI is InChI=1S/C21H25N3O4/c1-21(2,27)19(14-6-4-3-5-7-14)24-18(26)11-16-10-15-12-23-20(28-9-8-25)17(15)13-22-16/h3-7,10,13,19,25,27H,8-9,11-12H2,1-2H3,(H,24,26)/t19-/m0/s1. The van der Waals surface area contributed by atoms with Gasteiger partial charge in [-0.2, -0.15) is 0 Å². The normalized spacial score (nSPS) is 14.2. The number of carbonyl (C=O) groups is 1. The molecule has 0 saturated carbocycles. The molecule has 0 aliphatic carbocycles. The molecule has 3 N–H and O–H groups in total. The number of hydrogen-bond donors (Lipinski definition) is 3. The summed E-state index contributed by atoms with van der Waals surface area (Å²) in [5.41, 5.74) is 2.07. The summed E-state index contributed by atoms with van der Waals surface area (Å²) in [4.78, 5) is 21.2. The number of fused-ring (bicyclic) bond motifs is 1. The monoisotopic (exact) mass is 383 g/mol. The third-order valence-electron chi connectivity index (χ3n) is 4.49. The lowest BCUT2D eigenvalue weighted by Crippen LogP contribution is -2.42.